The average molecular weight is 313 g/mol. The van der Waals surface area contributed by atoms with E-state index in [0.717, 1.165) is 18.4 Å². The third-order valence-electron chi connectivity index (χ3n) is 2.20. The molecule has 0 unspecified atom stereocenters. The maximum atomic E-state index is 11.4. The molecule has 0 heterocycles. The fraction of sp³-hybridized carbons (Fsp3) is 0.250. The van der Waals surface area contributed by atoms with Crippen molar-refractivity contribution in [1.29, 1.82) is 0 Å². The van der Waals surface area contributed by atoms with E-state index >= 15 is 0 Å². The summed E-state index contributed by atoms with van der Waals surface area (Å²) in [5.41, 5.74) is 1.06. The minimum atomic E-state index is 0.0105. The van der Waals surface area contributed by atoms with Crippen LogP contribution in [-0.2, 0) is 4.79 Å². The molecule has 0 bridgehead atoms. The number of nitrogens with one attached hydrogen (secondary N) is 1. The van der Waals surface area contributed by atoms with E-state index in [2.05, 4.69) is 27.9 Å². The summed E-state index contributed by atoms with van der Waals surface area (Å²) in [5, 5.41) is 2.91. The highest BCUT2D eigenvalue weighted by Gasteiger charge is 2.21. The first-order chi connectivity index (χ1) is 7.24. The second-order valence-electron chi connectivity index (χ2n) is 3.67. The normalized spacial score (nSPS) is 15.5. The summed E-state index contributed by atoms with van der Waals surface area (Å²) >= 11 is 2.26. The molecule has 0 saturated heterocycles. The summed E-state index contributed by atoms with van der Waals surface area (Å²) in [6.45, 7) is 0. The molecular weight excluding hydrogens is 301 g/mol. The predicted molar refractivity (Wildman–Crippen MR) is 69.4 cm³/mol. The highest BCUT2D eigenvalue weighted by molar-refractivity contribution is 14.1. The van der Waals surface area contributed by atoms with E-state index in [1.54, 1.807) is 6.08 Å². The molecule has 0 spiro atoms. The minimum absolute atomic E-state index is 0.0105. The zero-order valence-electron chi connectivity index (χ0n) is 8.24. The monoisotopic (exact) mass is 313 g/mol. The van der Waals surface area contributed by atoms with E-state index < -0.39 is 0 Å². The molecule has 15 heavy (non-hydrogen) atoms. The zero-order valence-corrected chi connectivity index (χ0v) is 10.4. The van der Waals surface area contributed by atoms with Crippen molar-refractivity contribution in [2.45, 2.75) is 18.9 Å². The summed E-state index contributed by atoms with van der Waals surface area (Å²) in [6.07, 6.45) is 5.70. The molecule has 1 aliphatic carbocycles. The third-order valence-corrected chi connectivity index (χ3v) is 2.87. The van der Waals surface area contributed by atoms with Gasteiger partial charge in [-0.15, -0.1) is 0 Å². The van der Waals surface area contributed by atoms with E-state index in [4.69, 9.17) is 0 Å². The van der Waals surface area contributed by atoms with Crippen molar-refractivity contribution in [2.75, 3.05) is 0 Å². The zero-order chi connectivity index (χ0) is 10.7. The van der Waals surface area contributed by atoms with Gasteiger partial charge < -0.3 is 5.32 Å². The van der Waals surface area contributed by atoms with Gasteiger partial charge in [0.2, 0.25) is 5.91 Å². The Morgan fingerprint density at radius 2 is 2.27 bits per heavy atom. The fourth-order valence-corrected chi connectivity index (χ4v) is 1.83. The lowest BCUT2D eigenvalue weighted by atomic mass is 10.2. The number of hydrogen-bond acceptors (Lipinski definition) is 1. The van der Waals surface area contributed by atoms with Crippen molar-refractivity contribution in [3.63, 3.8) is 0 Å². The first-order valence-corrected chi connectivity index (χ1v) is 6.06. The van der Waals surface area contributed by atoms with E-state index in [1.165, 1.54) is 3.57 Å². The van der Waals surface area contributed by atoms with Crippen LogP contribution in [0, 0.1) is 3.57 Å². The molecule has 1 saturated carbocycles. The van der Waals surface area contributed by atoms with Crippen LogP contribution in [-0.4, -0.2) is 11.9 Å². The molecular formula is C12H12INO. The number of halogens is 1. The van der Waals surface area contributed by atoms with E-state index in [0.29, 0.717) is 6.04 Å². The molecule has 1 N–H and O–H groups in total. The van der Waals surface area contributed by atoms with Gasteiger partial charge in [0, 0.05) is 15.7 Å². The van der Waals surface area contributed by atoms with Gasteiger partial charge in [-0.2, -0.15) is 0 Å². The molecule has 1 aromatic carbocycles. The van der Waals surface area contributed by atoms with Crippen molar-refractivity contribution >= 4 is 34.6 Å². The SMILES string of the molecule is O=C(C=Cc1cccc(I)c1)NC1CC1. The Hall–Kier alpha value is -0.840. The van der Waals surface area contributed by atoms with Crippen LogP contribution in [0.2, 0.25) is 0 Å². The van der Waals surface area contributed by atoms with Gasteiger partial charge >= 0.3 is 0 Å². The largest absolute Gasteiger partial charge is 0.350 e. The number of carbonyl (C=O) groups excluding carboxylic acids is 1. The fourth-order valence-electron chi connectivity index (χ4n) is 1.26. The summed E-state index contributed by atoms with van der Waals surface area (Å²) in [7, 11) is 0. The molecule has 1 aliphatic rings. The number of hydrogen-bond donors (Lipinski definition) is 1. The Morgan fingerprint density at radius 3 is 2.93 bits per heavy atom. The summed E-state index contributed by atoms with van der Waals surface area (Å²) in [6, 6.07) is 8.48. The minimum Gasteiger partial charge on any atom is -0.350 e. The number of benzene rings is 1. The van der Waals surface area contributed by atoms with Gasteiger partial charge in [-0.05, 0) is 59.2 Å². The lowest BCUT2D eigenvalue weighted by molar-refractivity contribution is -0.116. The average Bonchev–Trinajstić information content (AvgIpc) is 2.99. The van der Waals surface area contributed by atoms with Crippen molar-refractivity contribution in [2.24, 2.45) is 0 Å². The molecule has 2 rings (SSSR count). The molecule has 0 aliphatic heterocycles. The molecule has 78 valence electrons. The molecule has 1 aromatic rings. The van der Waals surface area contributed by atoms with Crippen molar-refractivity contribution in [3.05, 3.63) is 39.5 Å². The van der Waals surface area contributed by atoms with Gasteiger partial charge in [-0.25, -0.2) is 0 Å². The van der Waals surface area contributed by atoms with Crippen molar-refractivity contribution in [3.8, 4) is 0 Å². The maximum absolute atomic E-state index is 11.4. The van der Waals surface area contributed by atoms with Crippen LogP contribution in [0.15, 0.2) is 30.3 Å². The first kappa shape index (κ1) is 10.7. The van der Waals surface area contributed by atoms with Crippen LogP contribution < -0.4 is 5.32 Å². The summed E-state index contributed by atoms with van der Waals surface area (Å²) in [5.74, 6) is 0.0105. The quantitative estimate of drug-likeness (QED) is 0.674. The Morgan fingerprint density at radius 1 is 1.47 bits per heavy atom. The van der Waals surface area contributed by atoms with Crippen LogP contribution in [0.1, 0.15) is 18.4 Å². The molecule has 3 heteroatoms. The van der Waals surface area contributed by atoms with Crippen molar-refractivity contribution < 1.29 is 4.79 Å². The number of rotatable bonds is 3. The van der Waals surface area contributed by atoms with Gasteiger partial charge in [-0.1, -0.05) is 12.1 Å². The Balaban J connectivity index is 1.94. The lowest BCUT2D eigenvalue weighted by Gasteiger charge is -1.97. The highest BCUT2D eigenvalue weighted by Crippen LogP contribution is 2.18. The Kier molecular flexibility index (Phi) is 3.41. The van der Waals surface area contributed by atoms with Gasteiger partial charge in [0.15, 0.2) is 0 Å². The molecule has 1 fully saturated rings. The predicted octanol–water partition coefficient (Wildman–Crippen LogP) is 2.58. The number of carbonyl (C=O) groups is 1. The lowest BCUT2D eigenvalue weighted by Crippen LogP contribution is -2.22. The van der Waals surface area contributed by atoms with E-state index in [-0.39, 0.29) is 5.91 Å². The maximum Gasteiger partial charge on any atom is 0.244 e. The summed E-state index contributed by atoms with van der Waals surface area (Å²) in [4.78, 5) is 11.4. The van der Waals surface area contributed by atoms with Crippen LogP contribution in [0.5, 0.6) is 0 Å². The molecule has 1 amide bonds. The highest BCUT2D eigenvalue weighted by atomic mass is 127. The van der Waals surface area contributed by atoms with E-state index in [9.17, 15) is 4.79 Å². The van der Waals surface area contributed by atoms with Crippen LogP contribution in [0.3, 0.4) is 0 Å². The second kappa shape index (κ2) is 4.79. The van der Waals surface area contributed by atoms with Gasteiger partial charge in [0.05, 0.1) is 0 Å². The molecule has 0 radical (unpaired) electrons. The Bertz CT molecular complexity index is 396. The number of amides is 1. The summed E-state index contributed by atoms with van der Waals surface area (Å²) < 4.78 is 1.18. The van der Waals surface area contributed by atoms with Crippen LogP contribution in [0.25, 0.3) is 6.08 Å². The smallest absolute Gasteiger partial charge is 0.244 e. The van der Waals surface area contributed by atoms with E-state index in [1.807, 2.05) is 30.3 Å². The molecule has 0 aromatic heterocycles. The first-order valence-electron chi connectivity index (χ1n) is 4.98. The van der Waals surface area contributed by atoms with Crippen LogP contribution >= 0.6 is 22.6 Å². The topological polar surface area (TPSA) is 29.1 Å². The van der Waals surface area contributed by atoms with Gasteiger partial charge in [0.1, 0.15) is 0 Å². The molecule has 0 atom stereocenters. The Labute approximate surface area is 103 Å². The second-order valence-corrected chi connectivity index (χ2v) is 4.92. The van der Waals surface area contributed by atoms with Gasteiger partial charge in [0.25, 0.3) is 0 Å². The molecule has 2 nitrogen and oxygen atoms in total. The standard InChI is InChI=1S/C12H12INO/c13-10-3-1-2-9(8-10)4-7-12(15)14-11-5-6-11/h1-4,7-8,11H,5-6H2,(H,14,15). The van der Waals surface area contributed by atoms with Crippen LogP contribution in [0.4, 0.5) is 0 Å². The van der Waals surface area contributed by atoms with Gasteiger partial charge in [-0.3, -0.25) is 4.79 Å². The van der Waals surface area contributed by atoms with Crippen molar-refractivity contribution in [1.82, 2.24) is 5.32 Å². The third kappa shape index (κ3) is 3.66.